The van der Waals surface area contributed by atoms with E-state index in [1.54, 1.807) is 30.7 Å². The van der Waals surface area contributed by atoms with E-state index >= 15 is 0 Å². The van der Waals surface area contributed by atoms with Crippen molar-refractivity contribution in [2.75, 3.05) is 5.32 Å². The molecule has 0 aliphatic heterocycles. The Hall–Kier alpha value is -2.81. The Balaban J connectivity index is 1.55. The van der Waals surface area contributed by atoms with Crippen LogP contribution >= 0.6 is 11.6 Å². The number of nitrogens with zero attached hydrogens (tertiary/aromatic N) is 4. The van der Waals surface area contributed by atoms with Crippen LogP contribution in [-0.4, -0.2) is 25.5 Å². The van der Waals surface area contributed by atoms with Gasteiger partial charge in [-0.15, -0.1) is 0 Å². The smallest absolute Gasteiger partial charge is 0.321 e. The quantitative estimate of drug-likeness (QED) is 0.523. The van der Waals surface area contributed by atoms with Gasteiger partial charge < -0.3 is 5.32 Å². The van der Waals surface area contributed by atoms with Crippen LogP contribution in [-0.2, 0) is 17.5 Å². The van der Waals surface area contributed by atoms with Crippen molar-refractivity contribution in [1.29, 1.82) is 0 Å². The van der Waals surface area contributed by atoms with E-state index in [-0.39, 0.29) is 5.92 Å². The number of carbonyl (C=O) groups is 1. The number of alkyl halides is 3. The summed E-state index contributed by atoms with van der Waals surface area (Å²) in [7, 11) is 0. The lowest BCUT2D eigenvalue weighted by atomic mass is 10.2. The van der Waals surface area contributed by atoms with E-state index in [9.17, 15) is 18.0 Å². The summed E-state index contributed by atoms with van der Waals surface area (Å²) in [5.74, 6) is -0.430. The average molecular weight is 466 g/mol. The fraction of sp³-hybridized carbons (Fsp3) is 0.409. The van der Waals surface area contributed by atoms with Gasteiger partial charge in [-0.25, -0.2) is 0 Å². The number of aromatic nitrogens is 4. The Morgan fingerprint density at radius 3 is 2.47 bits per heavy atom. The van der Waals surface area contributed by atoms with Crippen LogP contribution < -0.4 is 5.32 Å². The molecule has 1 aliphatic rings. The van der Waals surface area contributed by atoms with Crippen LogP contribution in [0.3, 0.4) is 0 Å². The number of carbonyl (C=O) groups excluding carboxylic acids is 1. The lowest BCUT2D eigenvalue weighted by Crippen LogP contribution is -2.26. The topological polar surface area (TPSA) is 64.7 Å². The molecule has 1 N–H and O–H groups in total. The third-order valence-corrected chi connectivity index (χ3v) is 5.92. The van der Waals surface area contributed by atoms with Gasteiger partial charge in [-0.1, -0.05) is 23.7 Å². The Kier molecular flexibility index (Phi) is 5.79. The molecule has 1 atom stereocenters. The molecule has 1 unspecified atom stereocenters. The lowest BCUT2D eigenvalue weighted by Gasteiger charge is -2.16. The Morgan fingerprint density at radius 2 is 1.88 bits per heavy atom. The molecule has 10 heteroatoms. The molecule has 170 valence electrons. The first-order chi connectivity index (χ1) is 15.0. The molecule has 1 saturated carbocycles. The first-order valence-corrected chi connectivity index (χ1v) is 10.7. The number of aryl methyl sites for hydroxylation is 1. The van der Waals surface area contributed by atoms with Crippen LogP contribution in [0.5, 0.6) is 0 Å². The van der Waals surface area contributed by atoms with Crippen LogP contribution in [0.4, 0.5) is 18.9 Å². The third-order valence-electron chi connectivity index (χ3n) is 5.67. The fourth-order valence-electron chi connectivity index (χ4n) is 3.67. The van der Waals surface area contributed by atoms with Crippen LogP contribution in [0.15, 0.2) is 30.3 Å². The van der Waals surface area contributed by atoms with Crippen LogP contribution in [0.25, 0.3) is 0 Å². The molecule has 6 nitrogen and oxygen atoms in total. The van der Waals surface area contributed by atoms with E-state index in [1.807, 2.05) is 19.1 Å². The van der Waals surface area contributed by atoms with Crippen molar-refractivity contribution in [3.8, 4) is 0 Å². The number of benzene rings is 1. The fourth-order valence-corrected chi connectivity index (χ4v) is 3.80. The van der Waals surface area contributed by atoms with Gasteiger partial charge in [0.15, 0.2) is 5.69 Å². The molecule has 2 heterocycles. The maximum absolute atomic E-state index is 13.2. The van der Waals surface area contributed by atoms with Crippen LogP contribution in [0.2, 0.25) is 5.02 Å². The first-order valence-electron chi connectivity index (χ1n) is 10.3. The normalized spacial score (nSPS) is 15.1. The highest BCUT2D eigenvalue weighted by Gasteiger charge is 2.39. The summed E-state index contributed by atoms with van der Waals surface area (Å²) in [5, 5.41) is 11.7. The average Bonchev–Trinajstić information content (AvgIpc) is 3.42. The van der Waals surface area contributed by atoms with Gasteiger partial charge in [-0.3, -0.25) is 14.2 Å². The summed E-state index contributed by atoms with van der Waals surface area (Å²) in [6, 6.07) is 7.54. The second kappa shape index (κ2) is 8.27. The molecule has 2 aromatic heterocycles. The molecule has 1 amide bonds. The van der Waals surface area contributed by atoms with Gasteiger partial charge in [-0.05, 0) is 57.4 Å². The summed E-state index contributed by atoms with van der Waals surface area (Å²) in [6.45, 7) is 5.66. The van der Waals surface area contributed by atoms with E-state index in [4.69, 9.17) is 11.6 Å². The second-order valence-electron chi connectivity index (χ2n) is 8.17. The maximum Gasteiger partial charge on any atom is 0.435 e. The van der Waals surface area contributed by atoms with Gasteiger partial charge in [0.1, 0.15) is 6.04 Å². The summed E-state index contributed by atoms with van der Waals surface area (Å²) in [5.41, 5.74) is 2.39. The van der Waals surface area contributed by atoms with Crippen molar-refractivity contribution in [3.05, 3.63) is 63.7 Å². The highest BCUT2D eigenvalue weighted by Crippen LogP contribution is 2.43. The molecule has 32 heavy (non-hydrogen) atoms. The standard InChI is InChI=1S/C22H23ClF3N5O/c1-12-20(13(2)30(28-12)11-15-4-8-17(23)9-5-15)27-21(32)14(3)31-18(16-6-7-16)10-19(29-31)22(24,25)26/h4-5,8-10,14,16H,6-7,11H2,1-3H3,(H,27,32). The van der Waals surface area contributed by atoms with Gasteiger partial charge in [0, 0.05) is 16.6 Å². The predicted octanol–water partition coefficient (Wildman–Crippen LogP) is 5.49. The molecule has 0 spiro atoms. The van der Waals surface area contributed by atoms with Gasteiger partial charge in [0.25, 0.3) is 0 Å². The molecule has 0 saturated heterocycles. The molecule has 0 bridgehead atoms. The molecule has 1 fully saturated rings. The minimum absolute atomic E-state index is 0.0134. The summed E-state index contributed by atoms with van der Waals surface area (Å²) >= 11 is 5.93. The Labute approximate surface area is 188 Å². The number of hydrogen-bond acceptors (Lipinski definition) is 3. The summed E-state index contributed by atoms with van der Waals surface area (Å²) < 4.78 is 42.5. The van der Waals surface area contributed by atoms with Crippen molar-refractivity contribution in [1.82, 2.24) is 19.6 Å². The molecule has 1 aromatic carbocycles. The number of amides is 1. The van der Waals surface area contributed by atoms with Crippen molar-refractivity contribution in [2.24, 2.45) is 0 Å². The molecule has 1 aliphatic carbocycles. The number of anilines is 1. The van der Waals surface area contributed by atoms with Gasteiger partial charge in [0.05, 0.1) is 23.6 Å². The Morgan fingerprint density at radius 1 is 1.22 bits per heavy atom. The highest BCUT2D eigenvalue weighted by atomic mass is 35.5. The molecular formula is C22H23ClF3N5O. The van der Waals surface area contributed by atoms with E-state index in [2.05, 4.69) is 15.5 Å². The van der Waals surface area contributed by atoms with Gasteiger partial charge in [-0.2, -0.15) is 23.4 Å². The van der Waals surface area contributed by atoms with Crippen molar-refractivity contribution in [2.45, 2.75) is 58.3 Å². The monoisotopic (exact) mass is 465 g/mol. The van der Waals surface area contributed by atoms with E-state index in [0.717, 1.165) is 30.2 Å². The van der Waals surface area contributed by atoms with E-state index in [0.29, 0.717) is 28.6 Å². The lowest BCUT2D eigenvalue weighted by molar-refractivity contribution is -0.141. The van der Waals surface area contributed by atoms with Crippen molar-refractivity contribution < 1.29 is 18.0 Å². The summed E-state index contributed by atoms with van der Waals surface area (Å²) in [4.78, 5) is 13.0. The van der Waals surface area contributed by atoms with E-state index in [1.165, 1.54) is 4.68 Å². The Bertz CT molecular complexity index is 1150. The maximum atomic E-state index is 13.2. The number of rotatable bonds is 6. The minimum atomic E-state index is -4.55. The molecule has 0 radical (unpaired) electrons. The molecule has 3 aromatic rings. The van der Waals surface area contributed by atoms with Crippen LogP contribution in [0, 0.1) is 13.8 Å². The first kappa shape index (κ1) is 22.4. The largest absolute Gasteiger partial charge is 0.435 e. The molecule has 4 rings (SSSR count). The van der Waals surface area contributed by atoms with Crippen molar-refractivity contribution >= 4 is 23.2 Å². The highest BCUT2D eigenvalue weighted by molar-refractivity contribution is 6.30. The zero-order chi connectivity index (χ0) is 23.2. The second-order valence-corrected chi connectivity index (χ2v) is 8.60. The van der Waals surface area contributed by atoms with Crippen molar-refractivity contribution in [3.63, 3.8) is 0 Å². The van der Waals surface area contributed by atoms with Crippen LogP contribution in [0.1, 0.15) is 60.1 Å². The van der Waals surface area contributed by atoms with Gasteiger partial charge >= 0.3 is 6.18 Å². The zero-order valence-electron chi connectivity index (χ0n) is 17.9. The zero-order valence-corrected chi connectivity index (χ0v) is 18.6. The number of halogens is 4. The number of hydrogen-bond donors (Lipinski definition) is 1. The SMILES string of the molecule is Cc1nn(Cc2ccc(Cl)cc2)c(C)c1NC(=O)C(C)n1nc(C(F)(F)F)cc1C1CC1. The predicted molar refractivity (Wildman–Crippen MR) is 115 cm³/mol. The molecular weight excluding hydrogens is 443 g/mol. The number of nitrogens with one attached hydrogen (secondary N) is 1. The minimum Gasteiger partial charge on any atom is -0.321 e. The van der Waals surface area contributed by atoms with E-state index < -0.39 is 23.8 Å². The third kappa shape index (κ3) is 4.53. The summed E-state index contributed by atoms with van der Waals surface area (Å²) in [6.07, 6.45) is -2.96. The van der Waals surface area contributed by atoms with Gasteiger partial charge in [0.2, 0.25) is 5.91 Å².